The normalized spacial score (nSPS) is 17.2. The summed E-state index contributed by atoms with van der Waals surface area (Å²) >= 11 is 0. The first kappa shape index (κ1) is 15.2. The lowest BCUT2D eigenvalue weighted by molar-refractivity contribution is 0.235. The van der Waals surface area contributed by atoms with Crippen molar-refractivity contribution in [2.45, 2.75) is 29.9 Å². The van der Waals surface area contributed by atoms with Crippen LogP contribution in [0, 0.1) is 5.41 Å². The minimum absolute atomic E-state index is 0.0937. The summed E-state index contributed by atoms with van der Waals surface area (Å²) in [6.07, 6.45) is 2.91. The van der Waals surface area contributed by atoms with Crippen molar-refractivity contribution in [1.82, 2.24) is 0 Å². The largest absolute Gasteiger partial charge is 0.383 e. The number of hydrogen-bond donors (Lipinski definition) is 2. The van der Waals surface area contributed by atoms with Crippen molar-refractivity contribution in [2.75, 3.05) is 18.4 Å². The van der Waals surface area contributed by atoms with Crippen molar-refractivity contribution >= 4 is 15.5 Å². The van der Waals surface area contributed by atoms with Crippen molar-refractivity contribution in [2.24, 2.45) is 11.1 Å². The Bertz CT molecular complexity index is 571. The van der Waals surface area contributed by atoms with Crippen LogP contribution in [0.5, 0.6) is 0 Å². The molecule has 4 nitrogen and oxygen atoms in total. The van der Waals surface area contributed by atoms with E-state index in [2.05, 4.69) is 5.32 Å². The first-order valence-corrected chi connectivity index (χ1v) is 8.01. The maximum Gasteiger partial charge on any atom is 0.341 e. The molecule has 0 bridgehead atoms. The number of benzene rings is 1. The van der Waals surface area contributed by atoms with Crippen LogP contribution in [0.4, 0.5) is 14.5 Å². The Labute approximate surface area is 117 Å². The molecule has 1 aromatic rings. The van der Waals surface area contributed by atoms with Crippen LogP contribution in [-0.4, -0.2) is 27.3 Å². The molecule has 20 heavy (non-hydrogen) atoms. The molecule has 0 heterocycles. The summed E-state index contributed by atoms with van der Waals surface area (Å²) in [5, 5.41) is 2.99. The smallest absolute Gasteiger partial charge is 0.341 e. The van der Waals surface area contributed by atoms with Crippen molar-refractivity contribution < 1.29 is 17.2 Å². The predicted octanol–water partition coefficient (Wildman–Crippen LogP) is 2.22. The highest BCUT2D eigenvalue weighted by molar-refractivity contribution is 7.91. The number of anilines is 1. The van der Waals surface area contributed by atoms with Crippen molar-refractivity contribution in [3.8, 4) is 0 Å². The van der Waals surface area contributed by atoms with Gasteiger partial charge in [0.25, 0.3) is 0 Å². The van der Waals surface area contributed by atoms with Crippen LogP contribution in [-0.2, 0) is 9.84 Å². The second kappa shape index (κ2) is 5.65. The summed E-state index contributed by atoms with van der Waals surface area (Å²) in [6, 6.07) is 5.77. The number of para-hydroxylation sites is 1. The molecule has 1 saturated carbocycles. The van der Waals surface area contributed by atoms with Crippen LogP contribution in [0.25, 0.3) is 0 Å². The van der Waals surface area contributed by atoms with Gasteiger partial charge in [0.05, 0.1) is 10.6 Å². The minimum Gasteiger partial charge on any atom is -0.383 e. The lowest BCUT2D eigenvalue weighted by atomic mass is 10.0. The van der Waals surface area contributed by atoms with Gasteiger partial charge in [0.1, 0.15) is 0 Å². The Morgan fingerprint density at radius 2 is 1.95 bits per heavy atom. The molecule has 0 aliphatic heterocycles. The molecule has 0 unspecified atom stereocenters. The fraction of sp³-hybridized carbons (Fsp3) is 0.538. The van der Waals surface area contributed by atoms with Gasteiger partial charge in [0.2, 0.25) is 9.84 Å². The first-order valence-electron chi connectivity index (χ1n) is 6.46. The van der Waals surface area contributed by atoms with Gasteiger partial charge in [-0.2, -0.15) is 8.78 Å². The third-order valence-corrected chi connectivity index (χ3v) is 5.15. The van der Waals surface area contributed by atoms with Crippen LogP contribution < -0.4 is 11.1 Å². The molecule has 0 saturated heterocycles. The van der Waals surface area contributed by atoms with Gasteiger partial charge in [-0.25, -0.2) is 8.42 Å². The molecule has 0 radical (unpaired) electrons. The highest BCUT2D eigenvalue weighted by atomic mass is 32.2. The number of sulfone groups is 1. The molecule has 1 aliphatic rings. The van der Waals surface area contributed by atoms with E-state index in [4.69, 9.17) is 5.73 Å². The monoisotopic (exact) mass is 304 g/mol. The summed E-state index contributed by atoms with van der Waals surface area (Å²) in [4.78, 5) is -0.349. The second-order valence-electron chi connectivity index (χ2n) is 5.19. The van der Waals surface area contributed by atoms with Crippen LogP contribution in [0.2, 0.25) is 0 Å². The highest BCUT2D eigenvalue weighted by Crippen LogP contribution is 2.48. The summed E-state index contributed by atoms with van der Waals surface area (Å²) < 4.78 is 48.5. The molecule has 0 aromatic heterocycles. The van der Waals surface area contributed by atoms with E-state index in [9.17, 15) is 17.2 Å². The van der Waals surface area contributed by atoms with Crippen molar-refractivity contribution in [3.63, 3.8) is 0 Å². The first-order chi connectivity index (χ1) is 9.41. The van der Waals surface area contributed by atoms with Gasteiger partial charge in [-0.15, -0.1) is 0 Å². The summed E-state index contributed by atoms with van der Waals surface area (Å²) in [5.41, 5.74) is 5.87. The molecule has 0 spiro atoms. The van der Waals surface area contributed by atoms with E-state index in [-0.39, 0.29) is 16.0 Å². The third-order valence-electron chi connectivity index (χ3n) is 3.71. The maximum absolute atomic E-state index is 12.7. The molecule has 3 N–H and O–H groups in total. The summed E-state index contributed by atoms with van der Waals surface area (Å²) in [5.74, 6) is -3.41. The molecule has 112 valence electrons. The van der Waals surface area contributed by atoms with Crippen LogP contribution in [0.1, 0.15) is 19.3 Å². The van der Waals surface area contributed by atoms with Crippen LogP contribution in [0.15, 0.2) is 29.2 Å². The van der Waals surface area contributed by atoms with E-state index >= 15 is 0 Å². The molecule has 1 aromatic carbocycles. The average molecular weight is 304 g/mol. The Morgan fingerprint density at radius 1 is 1.30 bits per heavy atom. The lowest BCUT2D eigenvalue weighted by Crippen LogP contribution is -2.21. The molecule has 7 heteroatoms. The number of alkyl halides is 2. The molecule has 2 rings (SSSR count). The topological polar surface area (TPSA) is 72.2 Å². The quantitative estimate of drug-likeness (QED) is 0.810. The molecular formula is C13H18F2N2O2S. The Balaban J connectivity index is 2.17. The van der Waals surface area contributed by atoms with E-state index < -0.39 is 15.6 Å². The van der Waals surface area contributed by atoms with Crippen molar-refractivity contribution in [3.05, 3.63) is 24.3 Å². The average Bonchev–Trinajstić information content (AvgIpc) is 3.17. The minimum atomic E-state index is -4.59. The predicted molar refractivity (Wildman–Crippen MR) is 73.5 cm³/mol. The van der Waals surface area contributed by atoms with Gasteiger partial charge in [-0.05, 0) is 43.4 Å². The lowest BCUT2D eigenvalue weighted by Gasteiger charge is -2.17. The van der Waals surface area contributed by atoms with Gasteiger partial charge in [-0.1, -0.05) is 12.1 Å². The zero-order chi connectivity index (χ0) is 14.8. The number of rotatable bonds is 7. The van der Waals surface area contributed by atoms with Gasteiger partial charge >= 0.3 is 5.76 Å². The highest BCUT2D eigenvalue weighted by Gasteiger charge is 2.41. The van der Waals surface area contributed by atoms with Gasteiger partial charge in [-0.3, -0.25) is 0 Å². The van der Waals surface area contributed by atoms with E-state index in [0.29, 0.717) is 13.1 Å². The Kier molecular flexibility index (Phi) is 4.29. The Hall–Kier alpha value is -1.21. The standard InChI is InChI=1S/C13H18F2N2O2S/c14-12(15)20(18,19)11-4-2-1-3-10(11)17-9-13(5-6-13)7-8-16/h1-4,12,17H,5-9,16H2. The van der Waals surface area contributed by atoms with Gasteiger partial charge < -0.3 is 11.1 Å². The number of nitrogens with two attached hydrogens (primary N) is 1. The number of nitrogens with one attached hydrogen (secondary N) is 1. The zero-order valence-electron chi connectivity index (χ0n) is 11.0. The van der Waals surface area contributed by atoms with Crippen LogP contribution >= 0.6 is 0 Å². The second-order valence-corrected chi connectivity index (χ2v) is 7.08. The van der Waals surface area contributed by atoms with Crippen molar-refractivity contribution in [1.29, 1.82) is 0 Å². The van der Waals surface area contributed by atoms with Crippen LogP contribution in [0.3, 0.4) is 0 Å². The van der Waals surface area contributed by atoms with Gasteiger partial charge in [0, 0.05) is 6.54 Å². The SMILES string of the molecule is NCCC1(CNc2ccccc2S(=O)(=O)C(F)F)CC1. The summed E-state index contributed by atoms with van der Waals surface area (Å²) in [7, 11) is -4.59. The molecule has 0 amide bonds. The fourth-order valence-corrected chi connectivity index (χ4v) is 3.14. The third kappa shape index (κ3) is 3.09. The van der Waals surface area contributed by atoms with E-state index in [0.717, 1.165) is 19.3 Å². The molecule has 0 atom stereocenters. The van der Waals surface area contributed by atoms with Gasteiger partial charge in [0.15, 0.2) is 0 Å². The number of hydrogen-bond acceptors (Lipinski definition) is 4. The summed E-state index contributed by atoms with van der Waals surface area (Å²) in [6.45, 7) is 1.12. The zero-order valence-corrected chi connectivity index (χ0v) is 11.8. The van der Waals surface area contributed by atoms with E-state index in [1.54, 1.807) is 6.07 Å². The molecular weight excluding hydrogens is 286 g/mol. The van der Waals surface area contributed by atoms with E-state index in [1.807, 2.05) is 0 Å². The number of halogens is 2. The van der Waals surface area contributed by atoms with E-state index in [1.165, 1.54) is 18.2 Å². The molecule has 1 aliphatic carbocycles. The fourth-order valence-electron chi connectivity index (χ4n) is 2.24. The Morgan fingerprint density at radius 3 is 2.50 bits per heavy atom. The maximum atomic E-state index is 12.7. The molecule has 1 fully saturated rings.